The van der Waals surface area contributed by atoms with Crippen molar-refractivity contribution in [3.05, 3.63) is 44.2 Å². The van der Waals surface area contributed by atoms with Crippen molar-refractivity contribution in [2.45, 2.75) is 20.4 Å². The average Bonchev–Trinajstić information content (AvgIpc) is 2.79. The van der Waals surface area contributed by atoms with E-state index >= 15 is 0 Å². The normalized spacial score (nSPS) is 10.8. The number of aldehydes is 1. The van der Waals surface area contributed by atoms with Gasteiger partial charge >= 0.3 is 5.69 Å². The molecule has 0 aromatic carbocycles. The molecule has 20 heavy (non-hydrogen) atoms. The van der Waals surface area contributed by atoms with Crippen LogP contribution in [0.4, 0.5) is 0 Å². The first-order chi connectivity index (χ1) is 9.38. The van der Waals surface area contributed by atoms with E-state index in [2.05, 4.69) is 0 Å². The number of hydrogen-bond acceptors (Lipinski definition) is 3. The number of rotatable bonds is 3. The van der Waals surface area contributed by atoms with Gasteiger partial charge in [-0.15, -0.1) is 0 Å². The van der Waals surface area contributed by atoms with Gasteiger partial charge in [-0.1, -0.05) is 11.6 Å². The number of aromatic nitrogens is 3. The Balaban J connectivity index is 2.93. The highest BCUT2D eigenvalue weighted by molar-refractivity contribution is 5.86. The number of hydrogen-bond donors (Lipinski definition) is 0. The number of allylic oxidation sites excluding steroid dienone is 2. The Morgan fingerprint density at radius 1 is 1.20 bits per heavy atom. The Bertz CT molecular complexity index is 830. The average molecular weight is 275 g/mol. The molecule has 0 saturated carbocycles. The molecule has 0 spiro atoms. The van der Waals surface area contributed by atoms with Gasteiger partial charge < -0.3 is 4.57 Å². The molecule has 0 saturated heterocycles. The van der Waals surface area contributed by atoms with E-state index in [1.165, 1.54) is 17.7 Å². The first-order valence-electron chi connectivity index (χ1n) is 6.26. The molecule has 2 aromatic heterocycles. The number of carbonyl (C=O) groups excluding carboxylic acids is 1. The van der Waals surface area contributed by atoms with Crippen LogP contribution in [0.5, 0.6) is 0 Å². The van der Waals surface area contributed by atoms with Crippen molar-refractivity contribution in [3.8, 4) is 0 Å². The maximum Gasteiger partial charge on any atom is 0.332 e. The molecule has 2 rings (SSSR count). The SMILES string of the molecule is CC(C)=CCn1c(C=O)cc2c(=O)n(C)c(=O)n(C)c21. The molecule has 0 bridgehead atoms. The molecule has 6 heteroatoms. The van der Waals surface area contributed by atoms with Crippen LogP contribution in [0.1, 0.15) is 24.3 Å². The second-order valence-electron chi connectivity index (χ2n) is 5.02. The van der Waals surface area contributed by atoms with Gasteiger partial charge in [-0.25, -0.2) is 4.79 Å². The summed E-state index contributed by atoms with van der Waals surface area (Å²) in [6.45, 7) is 4.34. The van der Waals surface area contributed by atoms with Crippen LogP contribution in [-0.4, -0.2) is 20.0 Å². The van der Waals surface area contributed by atoms with Gasteiger partial charge in [0.15, 0.2) is 6.29 Å². The van der Waals surface area contributed by atoms with Gasteiger partial charge in [0.2, 0.25) is 0 Å². The maximum absolute atomic E-state index is 12.1. The van der Waals surface area contributed by atoms with E-state index in [0.29, 0.717) is 29.6 Å². The summed E-state index contributed by atoms with van der Waals surface area (Å²) in [4.78, 5) is 35.3. The molecular formula is C14H17N3O3. The van der Waals surface area contributed by atoms with Gasteiger partial charge in [-0.2, -0.15) is 0 Å². The number of nitrogens with zero attached hydrogens (tertiary/aromatic N) is 3. The Labute approximate surface area is 115 Å². The van der Waals surface area contributed by atoms with E-state index in [0.717, 1.165) is 10.1 Å². The third kappa shape index (κ3) is 2.03. The van der Waals surface area contributed by atoms with Crippen molar-refractivity contribution < 1.29 is 4.79 Å². The lowest BCUT2D eigenvalue weighted by molar-refractivity contribution is 0.111. The largest absolute Gasteiger partial charge is 0.332 e. The molecule has 0 aliphatic rings. The summed E-state index contributed by atoms with van der Waals surface area (Å²) in [5.74, 6) is 0. The van der Waals surface area contributed by atoms with E-state index in [-0.39, 0.29) is 5.56 Å². The third-order valence-corrected chi connectivity index (χ3v) is 3.33. The summed E-state index contributed by atoms with van der Waals surface area (Å²) in [7, 11) is 3.02. The van der Waals surface area contributed by atoms with Gasteiger partial charge in [0.25, 0.3) is 5.56 Å². The Hall–Kier alpha value is -2.37. The second-order valence-corrected chi connectivity index (χ2v) is 5.02. The summed E-state index contributed by atoms with van der Waals surface area (Å²) in [5.41, 5.74) is 1.16. The van der Waals surface area contributed by atoms with Crippen molar-refractivity contribution in [1.82, 2.24) is 13.7 Å². The van der Waals surface area contributed by atoms with E-state index in [9.17, 15) is 14.4 Å². The van der Waals surface area contributed by atoms with Crippen molar-refractivity contribution in [3.63, 3.8) is 0 Å². The monoisotopic (exact) mass is 275 g/mol. The van der Waals surface area contributed by atoms with Crippen LogP contribution in [0, 0.1) is 0 Å². The standard InChI is InChI=1S/C14H17N3O3/c1-9(2)5-6-17-10(8-18)7-11-12(17)15(3)14(20)16(4)13(11)19/h5,7-8H,6H2,1-4H3. The fourth-order valence-corrected chi connectivity index (χ4v) is 2.22. The molecule has 2 heterocycles. The molecule has 0 unspecified atom stereocenters. The highest BCUT2D eigenvalue weighted by atomic mass is 16.2. The van der Waals surface area contributed by atoms with Gasteiger partial charge in [0.05, 0.1) is 11.1 Å². The molecule has 2 aromatic rings. The zero-order valence-corrected chi connectivity index (χ0v) is 12.0. The van der Waals surface area contributed by atoms with Crippen LogP contribution in [0.3, 0.4) is 0 Å². The third-order valence-electron chi connectivity index (χ3n) is 3.33. The van der Waals surface area contributed by atoms with Gasteiger partial charge in [0, 0.05) is 20.6 Å². The highest BCUT2D eigenvalue weighted by Crippen LogP contribution is 2.14. The zero-order chi connectivity index (χ0) is 15.0. The quantitative estimate of drug-likeness (QED) is 0.615. The smallest absolute Gasteiger partial charge is 0.320 e. The van der Waals surface area contributed by atoms with Crippen LogP contribution in [0.2, 0.25) is 0 Å². The lowest BCUT2D eigenvalue weighted by Crippen LogP contribution is -2.37. The molecule has 6 nitrogen and oxygen atoms in total. The lowest BCUT2D eigenvalue weighted by atomic mass is 10.3. The zero-order valence-electron chi connectivity index (χ0n) is 12.0. The van der Waals surface area contributed by atoms with E-state index in [4.69, 9.17) is 0 Å². The topological polar surface area (TPSA) is 66.0 Å². The molecule has 0 radical (unpaired) electrons. The van der Waals surface area contributed by atoms with Crippen LogP contribution >= 0.6 is 0 Å². The first kappa shape index (κ1) is 14.0. The maximum atomic E-state index is 12.1. The number of carbonyl (C=O) groups is 1. The van der Waals surface area contributed by atoms with Gasteiger partial charge in [-0.05, 0) is 19.9 Å². The van der Waals surface area contributed by atoms with Crippen LogP contribution < -0.4 is 11.2 Å². The van der Waals surface area contributed by atoms with Crippen LogP contribution in [0.25, 0.3) is 11.0 Å². The molecule has 0 aliphatic carbocycles. The predicted molar refractivity (Wildman–Crippen MR) is 77.2 cm³/mol. The first-order valence-corrected chi connectivity index (χ1v) is 6.26. The minimum absolute atomic E-state index is 0.374. The summed E-state index contributed by atoms with van der Waals surface area (Å²) in [6, 6.07) is 1.53. The molecule has 0 N–H and O–H groups in total. The number of aryl methyl sites for hydroxylation is 1. The lowest BCUT2D eigenvalue weighted by Gasteiger charge is -2.09. The summed E-state index contributed by atoms with van der Waals surface area (Å²) < 4.78 is 4.11. The molecule has 0 amide bonds. The minimum atomic E-state index is -0.406. The van der Waals surface area contributed by atoms with Crippen LogP contribution in [-0.2, 0) is 20.6 Å². The van der Waals surface area contributed by atoms with E-state index in [1.54, 1.807) is 11.6 Å². The Kier molecular flexibility index (Phi) is 3.48. The van der Waals surface area contributed by atoms with Crippen molar-refractivity contribution in [2.24, 2.45) is 14.1 Å². The van der Waals surface area contributed by atoms with Crippen molar-refractivity contribution >= 4 is 17.3 Å². The summed E-state index contributed by atoms with van der Waals surface area (Å²) in [5, 5.41) is 0.374. The minimum Gasteiger partial charge on any atom is -0.320 e. The summed E-state index contributed by atoms with van der Waals surface area (Å²) >= 11 is 0. The summed E-state index contributed by atoms with van der Waals surface area (Å²) in [6.07, 6.45) is 2.64. The molecule has 0 atom stereocenters. The van der Waals surface area contributed by atoms with Gasteiger partial charge in [0.1, 0.15) is 5.65 Å². The van der Waals surface area contributed by atoms with E-state index in [1.807, 2.05) is 19.9 Å². The molecule has 0 aliphatic heterocycles. The fraction of sp³-hybridized carbons (Fsp3) is 0.357. The molecule has 106 valence electrons. The van der Waals surface area contributed by atoms with Crippen LogP contribution in [0.15, 0.2) is 27.3 Å². The second kappa shape index (κ2) is 4.96. The van der Waals surface area contributed by atoms with Crippen molar-refractivity contribution in [2.75, 3.05) is 0 Å². The van der Waals surface area contributed by atoms with Gasteiger partial charge in [-0.3, -0.25) is 18.7 Å². The molecular weight excluding hydrogens is 258 g/mol. The van der Waals surface area contributed by atoms with E-state index < -0.39 is 5.69 Å². The Morgan fingerprint density at radius 3 is 2.40 bits per heavy atom. The highest BCUT2D eigenvalue weighted by Gasteiger charge is 2.16. The van der Waals surface area contributed by atoms with Crippen molar-refractivity contribution in [1.29, 1.82) is 0 Å². The molecule has 0 fully saturated rings. The number of fused-ring (bicyclic) bond motifs is 1. The Morgan fingerprint density at radius 2 is 1.85 bits per heavy atom. The predicted octanol–water partition coefficient (Wildman–Crippen LogP) is 0.817. The fourth-order valence-electron chi connectivity index (χ4n) is 2.22.